The minimum absolute atomic E-state index is 0.0303. The van der Waals surface area contributed by atoms with Crippen molar-refractivity contribution in [3.8, 4) is 0 Å². The number of nitrogens with one attached hydrogen (secondary N) is 2. The summed E-state index contributed by atoms with van der Waals surface area (Å²) in [5, 5.41) is 6.03. The van der Waals surface area contributed by atoms with E-state index in [9.17, 15) is 14.4 Å². The molecular weight excluding hydrogens is 330 g/mol. The molecule has 4 rings (SSSR count). The van der Waals surface area contributed by atoms with E-state index in [0.29, 0.717) is 0 Å². The van der Waals surface area contributed by atoms with Gasteiger partial charge in [-0.05, 0) is 43.9 Å². The van der Waals surface area contributed by atoms with Crippen molar-refractivity contribution in [1.29, 1.82) is 0 Å². The molecule has 3 saturated carbocycles. The van der Waals surface area contributed by atoms with E-state index in [0.717, 1.165) is 50.4 Å². The van der Waals surface area contributed by atoms with E-state index >= 15 is 0 Å². The number of fused-ring (bicyclic) bond motifs is 1. The first-order valence-corrected chi connectivity index (χ1v) is 10.5. The lowest BCUT2D eigenvalue weighted by Crippen LogP contribution is -2.45. The second kappa shape index (κ2) is 7.20. The van der Waals surface area contributed by atoms with E-state index in [1.54, 1.807) is 0 Å². The van der Waals surface area contributed by atoms with E-state index < -0.39 is 5.54 Å². The van der Waals surface area contributed by atoms with Crippen molar-refractivity contribution in [3.63, 3.8) is 0 Å². The molecule has 4 aliphatic rings. The molecule has 4 amide bonds. The predicted octanol–water partition coefficient (Wildman–Crippen LogP) is 2.72. The Morgan fingerprint density at radius 1 is 1.04 bits per heavy atom. The molecule has 1 aliphatic heterocycles. The van der Waals surface area contributed by atoms with Crippen LogP contribution in [0.3, 0.4) is 0 Å². The van der Waals surface area contributed by atoms with Gasteiger partial charge in [-0.3, -0.25) is 14.5 Å². The molecule has 1 saturated heterocycles. The average molecular weight is 361 g/mol. The number of amides is 4. The van der Waals surface area contributed by atoms with Crippen molar-refractivity contribution in [2.45, 2.75) is 88.6 Å². The highest BCUT2D eigenvalue weighted by Gasteiger charge is 2.52. The van der Waals surface area contributed by atoms with Crippen molar-refractivity contribution in [1.82, 2.24) is 15.5 Å². The van der Waals surface area contributed by atoms with Gasteiger partial charge in [-0.2, -0.15) is 0 Å². The van der Waals surface area contributed by atoms with Crippen molar-refractivity contribution in [2.24, 2.45) is 11.8 Å². The van der Waals surface area contributed by atoms with Crippen molar-refractivity contribution in [2.75, 3.05) is 6.54 Å². The summed E-state index contributed by atoms with van der Waals surface area (Å²) < 4.78 is 0. The zero-order valence-electron chi connectivity index (χ0n) is 15.6. The Morgan fingerprint density at radius 2 is 1.77 bits per heavy atom. The molecule has 3 aliphatic carbocycles. The monoisotopic (exact) mass is 361 g/mol. The maximum Gasteiger partial charge on any atom is 0.325 e. The van der Waals surface area contributed by atoms with Crippen molar-refractivity contribution < 1.29 is 14.4 Å². The third-order valence-corrected chi connectivity index (χ3v) is 7.17. The largest absolute Gasteiger partial charge is 0.353 e. The van der Waals surface area contributed by atoms with Crippen LogP contribution in [0, 0.1) is 11.8 Å². The Bertz CT molecular complexity index is 585. The lowest BCUT2D eigenvalue weighted by molar-refractivity contribution is -0.131. The molecule has 144 valence electrons. The van der Waals surface area contributed by atoms with Gasteiger partial charge in [-0.25, -0.2) is 4.79 Å². The summed E-state index contributed by atoms with van der Waals surface area (Å²) in [4.78, 5) is 38.4. The summed E-state index contributed by atoms with van der Waals surface area (Å²) in [5.74, 6) is 1.48. The molecule has 0 bridgehead atoms. The van der Waals surface area contributed by atoms with Crippen LogP contribution in [-0.2, 0) is 9.59 Å². The second-order valence-electron chi connectivity index (χ2n) is 8.81. The van der Waals surface area contributed by atoms with Gasteiger partial charge in [-0.15, -0.1) is 0 Å². The molecule has 1 spiro atoms. The summed E-state index contributed by atoms with van der Waals surface area (Å²) in [6, 6.07) is -0.0569. The lowest BCUT2D eigenvalue weighted by atomic mass is 9.69. The van der Waals surface area contributed by atoms with Crippen LogP contribution in [-0.4, -0.2) is 40.9 Å². The van der Waals surface area contributed by atoms with Crippen LogP contribution in [0.4, 0.5) is 4.79 Å². The summed E-state index contributed by atoms with van der Waals surface area (Å²) in [5.41, 5.74) is -0.674. The standard InChI is InChI=1S/C20H31N3O3/c24-17(21-16-8-7-14-5-1-2-6-15(14)13-16)9-12-23-18(25)20(22-19(23)26)10-3-4-11-20/h14-16H,1-13H2,(H,21,24)(H,22,26)/t14-,15+,16-/m1/s1. The molecule has 0 aromatic carbocycles. The molecule has 3 atom stereocenters. The highest BCUT2D eigenvalue weighted by molar-refractivity contribution is 6.07. The van der Waals surface area contributed by atoms with Gasteiger partial charge in [0.15, 0.2) is 0 Å². The number of imide groups is 1. The van der Waals surface area contributed by atoms with Crippen molar-refractivity contribution >= 4 is 17.8 Å². The molecule has 6 nitrogen and oxygen atoms in total. The summed E-state index contributed by atoms with van der Waals surface area (Å²) in [6.45, 7) is 0.191. The normalized spacial score (nSPS) is 33.2. The van der Waals surface area contributed by atoms with Crippen LogP contribution in [0.2, 0.25) is 0 Å². The fraction of sp³-hybridized carbons (Fsp3) is 0.850. The molecular formula is C20H31N3O3. The Balaban J connectivity index is 1.25. The fourth-order valence-electron chi connectivity index (χ4n) is 5.71. The topological polar surface area (TPSA) is 78.5 Å². The molecule has 0 unspecified atom stereocenters. The number of rotatable bonds is 4. The number of hydrogen-bond acceptors (Lipinski definition) is 3. The predicted molar refractivity (Wildman–Crippen MR) is 97.3 cm³/mol. The summed E-state index contributed by atoms with van der Waals surface area (Å²) in [6.07, 6.45) is 12.4. The third kappa shape index (κ3) is 3.35. The van der Waals surface area contributed by atoms with Crippen LogP contribution < -0.4 is 10.6 Å². The molecule has 1 heterocycles. The maximum absolute atomic E-state index is 12.6. The van der Waals surface area contributed by atoms with E-state index in [2.05, 4.69) is 10.6 Å². The molecule has 2 N–H and O–H groups in total. The molecule has 0 aromatic rings. The minimum atomic E-state index is -0.674. The minimum Gasteiger partial charge on any atom is -0.353 e. The van der Waals surface area contributed by atoms with Gasteiger partial charge in [0.05, 0.1) is 0 Å². The summed E-state index contributed by atoms with van der Waals surface area (Å²) in [7, 11) is 0. The van der Waals surface area contributed by atoms with E-state index in [4.69, 9.17) is 0 Å². The van der Waals surface area contributed by atoms with Gasteiger partial charge >= 0.3 is 6.03 Å². The number of nitrogens with zero attached hydrogens (tertiary/aromatic N) is 1. The number of hydrogen-bond donors (Lipinski definition) is 2. The SMILES string of the molecule is O=C(CCN1C(=O)NC2(CCCC2)C1=O)N[C@@H]1CC[C@H]2CCCC[C@H]2C1. The highest BCUT2D eigenvalue weighted by atomic mass is 16.2. The Labute approximate surface area is 155 Å². The first-order valence-electron chi connectivity index (χ1n) is 10.5. The van der Waals surface area contributed by atoms with E-state index in [1.165, 1.54) is 37.0 Å². The van der Waals surface area contributed by atoms with Crippen molar-refractivity contribution in [3.05, 3.63) is 0 Å². The highest BCUT2D eigenvalue weighted by Crippen LogP contribution is 2.40. The molecule has 0 aromatic heterocycles. The van der Waals surface area contributed by atoms with Crippen LogP contribution in [0.1, 0.15) is 77.0 Å². The summed E-state index contributed by atoms with van der Waals surface area (Å²) >= 11 is 0. The number of urea groups is 1. The fourth-order valence-corrected chi connectivity index (χ4v) is 5.71. The van der Waals surface area contributed by atoms with E-state index in [-0.39, 0.29) is 36.9 Å². The Hall–Kier alpha value is -1.59. The Morgan fingerprint density at radius 3 is 2.54 bits per heavy atom. The van der Waals surface area contributed by atoms with Crippen LogP contribution in [0.15, 0.2) is 0 Å². The van der Waals surface area contributed by atoms with Gasteiger partial charge < -0.3 is 10.6 Å². The zero-order chi connectivity index (χ0) is 18.1. The molecule has 6 heteroatoms. The van der Waals surface area contributed by atoms with Crippen LogP contribution in [0.25, 0.3) is 0 Å². The number of carbonyl (C=O) groups excluding carboxylic acids is 3. The zero-order valence-corrected chi connectivity index (χ0v) is 15.6. The first-order chi connectivity index (χ1) is 12.6. The lowest BCUT2D eigenvalue weighted by Gasteiger charge is -2.39. The van der Waals surface area contributed by atoms with Gasteiger partial charge in [0, 0.05) is 19.0 Å². The second-order valence-corrected chi connectivity index (χ2v) is 8.81. The van der Waals surface area contributed by atoms with Gasteiger partial charge in [0.1, 0.15) is 5.54 Å². The van der Waals surface area contributed by atoms with E-state index in [1.807, 2.05) is 0 Å². The van der Waals surface area contributed by atoms with Crippen LogP contribution in [0.5, 0.6) is 0 Å². The third-order valence-electron chi connectivity index (χ3n) is 7.17. The quantitative estimate of drug-likeness (QED) is 0.756. The van der Waals surface area contributed by atoms with Crippen LogP contribution >= 0.6 is 0 Å². The number of carbonyl (C=O) groups is 3. The van der Waals surface area contributed by atoms with Gasteiger partial charge in [-0.1, -0.05) is 38.5 Å². The Kier molecular flexibility index (Phi) is 4.93. The first kappa shape index (κ1) is 17.8. The average Bonchev–Trinajstić information content (AvgIpc) is 3.19. The molecule has 26 heavy (non-hydrogen) atoms. The van der Waals surface area contributed by atoms with Gasteiger partial charge in [0.2, 0.25) is 5.91 Å². The maximum atomic E-state index is 12.6. The van der Waals surface area contributed by atoms with Gasteiger partial charge in [0.25, 0.3) is 5.91 Å². The molecule has 4 fully saturated rings. The smallest absolute Gasteiger partial charge is 0.325 e. The molecule has 0 radical (unpaired) electrons.